The molecule has 4 atom stereocenters. The normalized spacial score (nSPS) is 15.1. The lowest BCUT2D eigenvalue weighted by Gasteiger charge is -2.24. The lowest BCUT2D eigenvalue weighted by Crippen LogP contribution is -2.46. The molecule has 0 aliphatic heterocycles. The summed E-state index contributed by atoms with van der Waals surface area (Å²) in [5, 5.41) is 24.0. The SMILES string of the molecule is CCCCCCCC/C=C\CCCCCCCC(O)CC(=O)NC(COP(=O)(O)OCCN)C(O)/C=C/CC/C=C/CC/C=C/CCCCCCCCCC. The molecule has 0 spiro atoms. The zero-order chi connectivity index (χ0) is 40.5. The fraction of sp³-hybridized carbons (Fsp3) is 0.800. The fourth-order valence-electron chi connectivity index (χ4n) is 6.26. The van der Waals surface area contributed by atoms with Crippen LogP contribution in [0, 0.1) is 0 Å². The van der Waals surface area contributed by atoms with Crippen molar-refractivity contribution in [1.82, 2.24) is 5.32 Å². The van der Waals surface area contributed by atoms with E-state index in [1.165, 1.54) is 103 Å². The molecule has 10 heteroatoms. The van der Waals surface area contributed by atoms with Gasteiger partial charge in [-0.05, 0) is 70.6 Å². The highest BCUT2D eigenvalue weighted by Crippen LogP contribution is 2.43. The minimum atomic E-state index is -4.41. The lowest BCUT2D eigenvalue weighted by atomic mass is 10.0. The van der Waals surface area contributed by atoms with Crippen LogP contribution in [0.25, 0.3) is 0 Å². The molecule has 0 saturated heterocycles. The number of unbranched alkanes of at least 4 members (excludes halogenated alkanes) is 21. The quantitative estimate of drug-likeness (QED) is 0.0233. The van der Waals surface area contributed by atoms with E-state index >= 15 is 0 Å². The second-order valence-electron chi connectivity index (χ2n) is 15.1. The largest absolute Gasteiger partial charge is 0.472 e. The van der Waals surface area contributed by atoms with E-state index in [0.29, 0.717) is 12.8 Å². The summed E-state index contributed by atoms with van der Waals surface area (Å²) in [6, 6.07) is -1.01. The van der Waals surface area contributed by atoms with Crippen molar-refractivity contribution in [2.75, 3.05) is 19.8 Å². The second kappa shape index (κ2) is 40.6. The second-order valence-corrected chi connectivity index (χ2v) is 16.5. The van der Waals surface area contributed by atoms with Crippen LogP contribution in [0.2, 0.25) is 0 Å². The topological polar surface area (TPSA) is 151 Å². The minimum Gasteiger partial charge on any atom is -0.393 e. The number of aliphatic hydroxyl groups is 2. The highest BCUT2D eigenvalue weighted by atomic mass is 31.2. The van der Waals surface area contributed by atoms with Crippen LogP contribution in [0.1, 0.15) is 194 Å². The zero-order valence-electron chi connectivity index (χ0n) is 35.3. The molecule has 55 heavy (non-hydrogen) atoms. The van der Waals surface area contributed by atoms with Gasteiger partial charge in [-0.25, -0.2) is 4.57 Å². The molecule has 0 aromatic heterocycles. The van der Waals surface area contributed by atoms with Crippen LogP contribution in [0.3, 0.4) is 0 Å². The van der Waals surface area contributed by atoms with Crippen LogP contribution in [-0.2, 0) is 18.4 Å². The molecule has 6 N–H and O–H groups in total. The molecule has 322 valence electrons. The van der Waals surface area contributed by atoms with Crippen LogP contribution in [0.5, 0.6) is 0 Å². The Balaban J connectivity index is 4.41. The van der Waals surface area contributed by atoms with Crippen LogP contribution in [0.4, 0.5) is 0 Å². The van der Waals surface area contributed by atoms with E-state index in [9.17, 15) is 24.5 Å². The summed E-state index contributed by atoms with van der Waals surface area (Å²) in [6.45, 7) is 3.93. The summed E-state index contributed by atoms with van der Waals surface area (Å²) in [7, 11) is -4.41. The van der Waals surface area contributed by atoms with E-state index in [0.717, 1.165) is 57.8 Å². The monoisotopic (exact) mass is 797 g/mol. The molecule has 0 radical (unpaired) electrons. The third-order valence-corrected chi connectivity index (χ3v) is 10.6. The van der Waals surface area contributed by atoms with Crippen molar-refractivity contribution < 1.29 is 33.5 Å². The maximum atomic E-state index is 12.8. The number of phosphoric acid groups is 1. The molecule has 0 fully saturated rings. The van der Waals surface area contributed by atoms with Crippen LogP contribution in [0.15, 0.2) is 48.6 Å². The summed E-state index contributed by atoms with van der Waals surface area (Å²) in [5.74, 6) is -0.466. The molecule has 0 heterocycles. The average Bonchev–Trinajstić information content (AvgIpc) is 3.16. The minimum absolute atomic E-state index is 0.0402. The van der Waals surface area contributed by atoms with Gasteiger partial charge in [-0.1, -0.05) is 165 Å². The Kier molecular flexibility index (Phi) is 39.4. The first-order valence-electron chi connectivity index (χ1n) is 22.3. The van der Waals surface area contributed by atoms with Crippen LogP contribution >= 0.6 is 7.82 Å². The lowest BCUT2D eigenvalue weighted by molar-refractivity contribution is -0.124. The van der Waals surface area contributed by atoms with Gasteiger partial charge in [0.2, 0.25) is 5.91 Å². The van der Waals surface area contributed by atoms with Crippen molar-refractivity contribution in [1.29, 1.82) is 0 Å². The first-order valence-corrected chi connectivity index (χ1v) is 23.8. The van der Waals surface area contributed by atoms with Crippen molar-refractivity contribution in [2.24, 2.45) is 5.73 Å². The molecule has 0 aromatic rings. The Labute approximate surface area is 337 Å². The van der Waals surface area contributed by atoms with Crippen LogP contribution < -0.4 is 11.1 Å². The highest BCUT2D eigenvalue weighted by molar-refractivity contribution is 7.47. The van der Waals surface area contributed by atoms with Crippen molar-refractivity contribution >= 4 is 13.7 Å². The predicted octanol–water partition coefficient (Wildman–Crippen LogP) is 11.5. The van der Waals surface area contributed by atoms with Gasteiger partial charge in [0.05, 0.1) is 37.9 Å². The Morgan fingerprint density at radius 3 is 1.51 bits per heavy atom. The fourth-order valence-corrected chi connectivity index (χ4v) is 7.02. The third kappa shape index (κ3) is 39.0. The van der Waals surface area contributed by atoms with Crippen molar-refractivity contribution in [3.8, 4) is 0 Å². The number of phosphoric ester groups is 1. The number of rotatable bonds is 41. The number of allylic oxidation sites excluding steroid dienone is 7. The molecular weight excluding hydrogens is 711 g/mol. The number of aliphatic hydroxyl groups excluding tert-OH is 2. The van der Waals surface area contributed by atoms with Gasteiger partial charge in [-0.2, -0.15) is 0 Å². The molecule has 0 aliphatic carbocycles. The summed E-state index contributed by atoms with van der Waals surface area (Å²) in [4.78, 5) is 22.8. The number of hydrogen-bond acceptors (Lipinski definition) is 7. The van der Waals surface area contributed by atoms with Gasteiger partial charge in [-0.3, -0.25) is 13.8 Å². The van der Waals surface area contributed by atoms with Crippen molar-refractivity contribution in [2.45, 2.75) is 212 Å². The summed E-state index contributed by atoms with van der Waals surface area (Å²) < 4.78 is 22.1. The van der Waals surface area contributed by atoms with Crippen molar-refractivity contribution in [3.05, 3.63) is 48.6 Å². The number of carbonyl (C=O) groups excluding carboxylic acids is 1. The molecule has 1 amide bonds. The molecule has 0 aliphatic rings. The molecule has 4 unspecified atom stereocenters. The van der Waals surface area contributed by atoms with Crippen LogP contribution in [-0.4, -0.2) is 59.0 Å². The van der Waals surface area contributed by atoms with Crippen molar-refractivity contribution in [3.63, 3.8) is 0 Å². The number of nitrogens with two attached hydrogens (primary N) is 1. The molecule has 9 nitrogen and oxygen atoms in total. The summed E-state index contributed by atoms with van der Waals surface area (Å²) >= 11 is 0. The number of hydrogen-bond donors (Lipinski definition) is 5. The predicted molar refractivity (Wildman–Crippen MR) is 232 cm³/mol. The Bertz CT molecular complexity index is 1020. The number of nitrogens with one attached hydrogen (secondary N) is 1. The maximum Gasteiger partial charge on any atom is 0.472 e. The van der Waals surface area contributed by atoms with Gasteiger partial charge in [0.25, 0.3) is 0 Å². The maximum absolute atomic E-state index is 12.8. The Morgan fingerprint density at radius 2 is 1.04 bits per heavy atom. The summed E-state index contributed by atoms with van der Waals surface area (Å²) in [6.07, 6.45) is 46.2. The number of carbonyl (C=O) groups is 1. The zero-order valence-corrected chi connectivity index (χ0v) is 36.2. The van der Waals surface area contributed by atoms with Gasteiger partial charge < -0.3 is 26.2 Å². The highest BCUT2D eigenvalue weighted by Gasteiger charge is 2.27. The average molecular weight is 797 g/mol. The smallest absolute Gasteiger partial charge is 0.393 e. The van der Waals surface area contributed by atoms with Gasteiger partial charge in [0.15, 0.2) is 0 Å². The van der Waals surface area contributed by atoms with E-state index in [-0.39, 0.29) is 19.6 Å². The molecule has 0 aromatic carbocycles. The van der Waals surface area contributed by atoms with E-state index in [2.05, 4.69) is 55.6 Å². The molecule has 0 saturated carbocycles. The van der Waals surface area contributed by atoms with E-state index in [1.54, 1.807) is 6.08 Å². The molecular formula is C45H85N2O7P. The molecule has 0 rings (SSSR count). The van der Waals surface area contributed by atoms with Gasteiger partial charge in [0.1, 0.15) is 0 Å². The van der Waals surface area contributed by atoms with E-state index in [4.69, 9.17) is 14.8 Å². The van der Waals surface area contributed by atoms with Gasteiger partial charge in [-0.15, -0.1) is 0 Å². The third-order valence-electron chi connectivity index (χ3n) is 9.66. The van der Waals surface area contributed by atoms with Gasteiger partial charge >= 0.3 is 7.82 Å². The first kappa shape index (κ1) is 53.4. The standard InChI is InChI=1S/C45H85N2O7P/c1-3-5-7-9-11-13-15-17-19-20-21-23-25-27-29-31-33-35-37-44(49)43(41-54-55(51,52)53-39-38-46)47-45(50)40-42(48)36-34-32-30-28-26-24-22-18-16-14-12-10-8-6-4-2/h18,20-22,27,29,35,37,42-44,48-49H,3-17,19,23-26,28,30-34,36,38-41,46H2,1-2H3,(H,47,50)(H,51,52)/b21-20+,22-18-,29-27+,37-35+. The summed E-state index contributed by atoms with van der Waals surface area (Å²) in [5.41, 5.74) is 5.36. The number of amides is 1. The van der Waals surface area contributed by atoms with Gasteiger partial charge in [0, 0.05) is 6.54 Å². The Hall–Kier alpha value is -1.58. The Morgan fingerprint density at radius 1 is 0.618 bits per heavy atom. The van der Waals surface area contributed by atoms with E-state index < -0.39 is 38.6 Å². The first-order chi connectivity index (χ1) is 26.8. The van der Waals surface area contributed by atoms with E-state index in [1.807, 2.05) is 6.08 Å². The molecule has 0 bridgehead atoms.